The first-order valence-corrected chi connectivity index (χ1v) is 7.59. The van der Waals surface area contributed by atoms with Gasteiger partial charge in [0.05, 0.1) is 5.75 Å². The Morgan fingerprint density at radius 1 is 1.24 bits per heavy atom. The second kappa shape index (κ2) is 7.12. The number of hydrogen-bond acceptors (Lipinski definition) is 4. The lowest BCUT2D eigenvalue weighted by atomic mass is 10.1. The van der Waals surface area contributed by atoms with Gasteiger partial charge < -0.3 is 10.6 Å². The standard InChI is InChI=1S/C14H17N3O3S/c1-10-2-4-11(5-3-10)8-16-13(19)15-6-7-17-12(18)9-21-14(17)20/h2-5H,6-9H2,1H3,(H2,15,16,19). The van der Waals surface area contributed by atoms with Crippen LogP contribution in [0, 0.1) is 6.92 Å². The molecule has 0 aromatic heterocycles. The Kier molecular flexibility index (Phi) is 5.21. The van der Waals surface area contributed by atoms with Gasteiger partial charge >= 0.3 is 6.03 Å². The average molecular weight is 307 g/mol. The molecule has 2 N–H and O–H groups in total. The molecule has 0 atom stereocenters. The van der Waals surface area contributed by atoms with Crippen molar-refractivity contribution in [3.63, 3.8) is 0 Å². The van der Waals surface area contributed by atoms with Crippen LogP contribution in [-0.2, 0) is 11.3 Å². The van der Waals surface area contributed by atoms with E-state index in [1.165, 1.54) is 5.56 Å². The molecule has 21 heavy (non-hydrogen) atoms. The third-order valence-corrected chi connectivity index (χ3v) is 3.89. The molecule has 7 heteroatoms. The van der Waals surface area contributed by atoms with Crippen molar-refractivity contribution < 1.29 is 14.4 Å². The Balaban J connectivity index is 1.67. The van der Waals surface area contributed by atoms with Crippen molar-refractivity contribution in [3.8, 4) is 0 Å². The number of benzene rings is 1. The summed E-state index contributed by atoms with van der Waals surface area (Å²) in [6.45, 7) is 2.90. The van der Waals surface area contributed by atoms with E-state index in [0.29, 0.717) is 6.54 Å². The number of aryl methyl sites for hydroxylation is 1. The molecule has 0 saturated carbocycles. The largest absolute Gasteiger partial charge is 0.336 e. The highest BCUT2D eigenvalue weighted by atomic mass is 32.2. The fraction of sp³-hybridized carbons (Fsp3) is 0.357. The normalized spacial score (nSPS) is 14.4. The molecule has 1 aromatic carbocycles. The van der Waals surface area contributed by atoms with Crippen LogP contribution < -0.4 is 10.6 Å². The third kappa shape index (κ3) is 4.49. The number of urea groups is 1. The van der Waals surface area contributed by atoms with E-state index in [1.54, 1.807) is 0 Å². The summed E-state index contributed by atoms with van der Waals surface area (Å²) in [6.07, 6.45) is 0. The summed E-state index contributed by atoms with van der Waals surface area (Å²) in [5.41, 5.74) is 2.18. The van der Waals surface area contributed by atoms with Crippen molar-refractivity contribution in [2.24, 2.45) is 0 Å². The van der Waals surface area contributed by atoms with Gasteiger partial charge in [-0.25, -0.2) is 4.79 Å². The maximum absolute atomic E-state index is 11.6. The van der Waals surface area contributed by atoms with Crippen LogP contribution in [-0.4, -0.2) is 40.9 Å². The van der Waals surface area contributed by atoms with Gasteiger partial charge in [0, 0.05) is 19.6 Å². The van der Waals surface area contributed by atoms with Gasteiger partial charge in [-0.05, 0) is 12.5 Å². The van der Waals surface area contributed by atoms with Crippen molar-refractivity contribution in [3.05, 3.63) is 35.4 Å². The maximum Gasteiger partial charge on any atom is 0.315 e. The highest BCUT2D eigenvalue weighted by Crippen LogP contribution is 2.17. The number of imide groups is 1. The second-order valence-electron chi connectivity index (χ2n) is 4.70. The van der Waals surface area contributed by atoms with E-state index in [2.05, 4.69) is 10.6 Å². The summed E-state index contributed by atoms with van der Waals surface area (Å²) in [7, 11) is 0. The first kappa shape index (κ1) is 15.4. The van der Waals surface area contributed by atoms with Gasteiger partial charge in [-0.3, -0.25) is 14.5 Å². The molecule has 0 radical (unpaired) electrons. The minimum absolute atomic E-state index is 0.193. The SMILES string of the molecule is Cc1ccc(CNC(=O)NCCN2C(=O)CSC2=O)cc1. The zero-order valence-electron chi connectivity index (χ0n) is 11.7. The maximum atomic E-state index is 11.6. The predicted octanol–water partition coefficient (Wildman–Crippen LogP) is 1.49. The molecule has 1 heterocycles. The number of rotatable bonds is 5. The Labute approximate surface area is 127 Å². The van der Waals surface area contributed by atoms with Crippen LogP contribution >= 0.6 is 11.8 Å². The van der Waals surface area contributed by atoms with Gasteiger partial charge in [0.15, 0.2) is 0 Å². The molecule has 0 spiro atoms. The third-order valence-electron chi connectivity index (χ3n) is 3.04. The Morgan fingerprint density at radius 3 is 2.57 bits per heavy atom. The molecule has 0 bridgehead atoms. The van der Waals surface area contributed by atoms with E-state index >= 15 is 0 Å². The van der Waals surface area contributed by atoms with Gasteiger partial charge in [-0.1, -0.05) is 41.6 Å². The number of nitrogens with one attached hydrogen (secondary N) is 2. The first-order chi connectivity index (χ1) is 10.1. The summed E-state index contributed by atoms with van der Waals surface area (Å²) in [6, 6.07) is 7.55. The molecule has 1 saturated heterocycles. The van der Waals surface area contributed by atoms with E-state index in [9.17, 15) is 14.4 Å². The molecular weight excluding hydrogens is 290 g/mol. The van der Waals surface area contributed by atoms with Crippen molar-refractivity contribution >= 4 is 28.9 Å². The molecule has 0 unspecified atom stereocenters. The smallest absolute Gasteiger partial charge is 0.315 e. The van der Waals surface area contributed by atoms with Crippen molar-refractivity contribution in [1.82, 2.24) is 15.5 Å². The molecule has 2 rings (SSSR count). The van der Waals surface area contributed by atoms with E-state index in [4.69, 9.17) is 0 Å². The fourth-order valence-electron chi connectivity index (χ4n) is 1.83. The predicted molar refractivity (Wildman–Crippen MR) is 81.0 cm³/mol. The van der Waals surface area contributed by atoms with E-state index < -0.39 is 0 Å². The Hall–Kier alpha value is -2.02. The van der Waals surface area contributed by atoms with Crippen LogP contribution in [0.2, 0.25) is 0 Å². The molecule has 112 valence electrons. The second-order valence-corrected chi connectivity index (χ2v) is 5.62. The molecule has 6 nitrogen and oxygen atoms in total. The highest BCUT2D eigenvalue weighted by Gasteiger charge is 2.29. The van der Waals surface area contributed by atoms with Crippen LogP contribution in [0.4, 0.5) is 9.59 Å². The quantitative estimate of drug-likeness (QED) is 0.864. The van der Waals surface area contributed by atoms with Crippen LogP contribution in [0.3, 0.4) is 0 Å². The Morgan fingerprint density at radius 2 is 1.95 bits per heavy atom. The molecule has 0 aliphatic carbocycles. The minimum atomic E-state index is -0.317. The number of carbonyl (C=O) groups is 3. The number of hydrogen-bond donors (Lipinski definition) is 2. The Bertz CT molecular complexity index is 529. The van der Waals surface area contributed by atoms with E-state index in [-0.39, 0.29) is 36.0 Å². The van der Waals surface area contributed by atoms with Crippen LogP contribution in [0.15, 0.2) is 24.3 Å². The zero-order valence-corrected chi connectivity index (χ0v) is 12.5. The van der Waals surface area contributed by atoms with Crippen LogP contribution in [0.1, 0.15) is 11.1 Å². The number of thioether (sulfide) groups is 1. The topological polar surface area (TPSA) is 78.5 Å². The zero-order chi connectivity index (χ0) is 15.2. The molecular formula is C14H17N3O3S. The monoisotopic (exact) mass is 307 g/mol. The van der Waals surface area contributed by atoms with Crippen LogP contribution in [0.25, 0.3) is 0 Å². The first-order valence-electron chi connectivity index (χ1n) is 6.60. The number of carbonyl (C=O) groups excluding carboxylic acids is 3. The van der Waals surface area contributed by atoms with Gasteiger partial charge in [-0.2, -0.15) is 0 Å². The van der Waals surface area contributed by atoms with Crippen molar-refractivity contribution in [1.29, 1.82) is 0 Å². The lowest BCUT2D eigenvalue weighted by molar-refractivity contribution is -0.124. The highest BCUT2D eigenvalue weighted by molar-refractivity contribution is 8.14. The summed E-state index contributed by atoms with van der Waals surface area (Å²) in [5, 5.41) is 5.10. The number of amides is 4. The summed E-state index contributed by atoms with van der Waals surface area (Å²) < 4.78 is 0. The lowest BCUT2D eigenvalue weighted by Crippen LogP contribution is -2.41. The van der Waals surface area contributed by atoms with E-state index in [0.717, 1.165) is 22.2 Å². The summed E-state index contributed by atoms with van der Waals surface area (Å²) in [4.78, 5) is 35.5. The van der Waals surface area contributed by atoms with Crippen molar-refractivity contribution in [2.75, 3.05) is 18.8 Å². The molecule has 1 aromatic rings. The summed E-state index contributed by atoms with van der Waals surface area (Å²) in [5.74, 6) is -0.00907. The van der Waals surface area contributed by atoms with Gasteiger partial charge in [0.1, 0.15) is 0 Å². The number of nitrogens with zero attached hydrogens (tertiary/aromatic N) is 1. The molecule has 1 fully saturated rings. The molecule has 1 aliphatic heterocycles. The van der Waals surface area contributed by atoms with Crippen molar-refractivity contribution in [2.45, 2.75) is 13.5 Å². The van der Waals surface area contributed by atoms with Gasteiger partial charge in [0.25, 0.3) is 5.24 Å². The fourth-order valence-corrected chi connectivity index (χ4v) is 2.58. The molecule has 1 aliphatic rings. The minimum Gasteiger partial charge on any atom is -0.336 e. The van der Waals surface area contributed by atoms with Gasteiger partial charge in [0.2, 0.25) is 5.91 Å². The van der Waals surface area contributed by atoms with Crippen LogP contribution in [0.5, 0.6) is 0 Å². The van der Waals surface area contributed by atoms with E-state index in [1.807, 2.05) is 31.2 Å². The van der Waals surface area contributed by atoms with Gasteiger partial charge in [-0.15, -0.1) is 0 Å². The average Bonchev–Trinajstić information content (AvgIpc) is 2.78. The lowest BCUT2D eigenvalue weighted by Gasteiger charge is -2.13. The molecule has 4 amide bonds. The summed E-state index contributed by atoms with van der Waals surface area (Å²) >= 11 is 0.990.